The summed E-state index contributed by atoms with van der Waals surface area (Å²) >= 11 is 1.75. The minimum absolute atomic E-state index is 0.194. The van der Waals surface area contributed by atoms with Gasteiger partial charge in [-0.05, 0) is 38.0 Å². The Morgan fingerprint density at radius 3 is 2.61 bits per heavy atom. The van der Waals surface area contributed by atoms with Gasteiger partial charge < -0.3 is 10.8 Å². The molecule has 104 valence electrons. The van der Waals surface area contributed by atoms with E-state index in [9.17, 15) is 4.79 Å². The van der Waals surface area contributed by atoms with Crippen molar-refractivity contribution >= 4 is 17.7 Å². The second-order valence-corrected chi connectivity index (χ2v) is 7.09. The number of aliphatic hydroxyl groups excluding tert-OH is 1. The van der Waals surface area contributed by atoms with E-state index in [1.807, 2.05) is 0 Å². The van der Waals surface area contributed by atoms with E-state index >= 15 is 0 Å². The number of carbonyl (C=O) groups is 1. The van der Waals surface area contributed by atoms with Crippen LogP contribution in [0.25, 0.3) is 0 Å². The van der Waals surface area contributed by atoms with Crippen molar-refractivity contribution in [2.75, 3.05) is 12.4 Å². The van der Waals surface area contributed by atoms with Gasteiger partial charge in [0.25, 0.3) is 0 Å². The lowest BCUT2D eigenvalue weighted by Gasteiger charge is -2.33. The molecule has 0 radical (unpaired) electrons. The van der Waals surface area contributed by atoms with Gasteiger partial charge in [-0.25, -0.2) is 0 Å². The molecule has 0 saturated heterocycles. The summed E-state index contributed by atoms with van der Waals surface area (Å²) in [6.07, 6.45) is 5.32. The topological polar surface area (TPSA) is 75.3 Å². The highest BCUT2D eigenvalue weighted by molar-refractivity contribution is 8.00. The van der Waals surface area contributed by atoms with Crippen LogP contribution in [0.3, 0.4) is 0 Å². The van der Waals surface area contributed by atoms with Crippen molar-refractivity contribution in [1.29, 1.82) is 0 Å². The predicted molar refractivity (Wildman–Crippen MR) is 74.4 cm³/mol. The Bertz CT molecular complexity index is 305. The minimum Gasteiger partial charge on any atom is -0.396 e. The molecular formula is C13H24N2O2S. The lowest BCUT2D eigenvalue weighted by atomic mass is 9.94. The molecule has 0 aromatic carbocycles. The molecule has 0 heterocycles. The van der Waals surface area contributed by atoms with Gasteiger partial charge in [-0.1, -0.05) is 6.92 Å². The monoisotopic (exact) mass is 272 g/mol. The first kappa shape index (κ1) is 14.2. The van der Waals surface area contributed by atoms with Crippen molar-refractivity contribution in [2.24, 2.45) is 11.7 Å². The molecule has 2 saturated carbocycles. The fourth-order valence-corrected chi connectivity index (χ4v) is 3.61. The van der Waals surface area contributed by atoms with Crippen LogP contribution >= 0.6 is 11.8 Å². The van der Waals surface area contributed by atoms with Gasteiger partial charge in [0.2, 0.25) is 5.91 Å². The summed E-state index contributed by atoms with van der Waals surface area (Å²) in [7, 11) is 0. The quantitative estimate of drug-likeness (QED) is 0.582. The van der Waals surface area contributed by atoms with Crippen LogP contribution in [-0.2, 0) is 4.79 Å². The van der Waals surface area contributed by atoms with Gasteiger partial charge in [-0.3, -0.25) is 10.1 Å². The van der Waals surface area contributed by atoms with E-state index in [0.29, 0.717) is 17.2 Å². The number of nitrogens with one attached hydrogen (secondary N) is 1. The molecule has 0 bridgehead atoms. The first-order chi connectivity index (χ1) is 8.58. The van der Waals surface area contributed by atoms with E-state index in [4.69, 9.17) is 10.8 Å². The summed E-state index contributed by atoms with van der Waals surface area (Å²) in [4.78, 5) is 11.9. The zero-order valence-electron chi connectivity index (χ0n) is 11.0. The highest BCUT2D eigenvalue weighted by atomic mass is 32.2. The van der Waals surface area contributed by atoms with Crippen LogP contribution in [0.4, 0.5) is 0 Å². The second kappa shape index (κ2) is 5.80. The average molecular weight is 272 g/mol. The third-order valence-electron chi connectivity index (χ3n) is 3.88. The van der Waals surface area contributed by atoms with Crippen LogP contribution in [0.15, 0.2) is 0 Å². The second-order valence-electron chi connectivity index (χ2n) is 5.66. The van der Waals surface area contributed by atoms with E-state index in [1.165, 1.54) is 12.8 Å². The van der Waals surface area contributed by atoms with Gasteiger partial charge in [0.05, 0.1) is 0 Å². The molecule has 0 spiro atoms. The normalized spacial score (nSPS) is 24.6. The molecule has 0 aromatic heterocycles. The van der Waals surface area contributed by atoms with Crippen molar-refractivity contribution < 1.29 is 9.90 Å². The molecule has 2 rings (SSSR count). The number of hydrogen-bond acceptors (Lipinski definition) is 4. The molecule has 2 atom stereocenters. The van der Waals surface area contributed by atoms with Crippen LogP contribution in [0.2, 0.25) is 0 Å². The molecule has 5 heteroatoms. The van der Waals surface area contributed by atoms with Gasteiger partial charge in [-0.2, -0.15) is 11.8 Å². The van der Waals surface area contributed by atoms with E-state index in [-0.39, 0.29) is 12.5 Å². The number of thioether (sulfide) groups is 1. The van der Waals surface area contributed by atoms with Crippen LogP contribution in [0.1, 0.15) is 39.0 Å². The summed E-state index contributed by atoms with van der Waals surface area (Å²) in [6.45, 7) is 2.30. The van der Waals surface area contributed by atoms with Crippen LogP contribution < -0.4 is 11.1 Å². The van der Waals surface area contributed by atoms with Crippen molar-refractivity contribution in [2.45, 2.75) is 55.9 Å². The molecule has 2 aliphatic rings. The Labute approximate surface area is 113 Å². The third-order valence-corrected chi connectivity index (χ3v) is 5.31. The summed E-state index contributed by atoms with van der Waals surface area (Å²) in [5, 5.41) is 12.8. The zero-order valence-corrected chi connectivity index (χ0v) is 11.8. The van der Waals surface area contributed by atoms with Crippen LogP contribution in [-0.4, -0.2) is 40.2 Å². The molecule has 0 aliphatic heterocycles. The largest absolute Gasteiger partial charge is 0.396 e. The first-order valence-electron chi connectivity index (χ1n) is 6.88. The van der Waals surface area contributed by atoms with Crippen LogP contribution in [0.5, 0.6) is 0 Å². The maximum absolute atomic E-state index is 11.9. The molecule has 2 fully saturated rings. The molecule has 18 heavy (non-hydrogen) atoms. The van der Waals surface area contributed by atoms with E-state index < -0.39 is 5.54 Å². The SMILES string of the molecule is CC(CCO)SCC(NC1CC1)(C(N)=O)C1CC1. The van der Waals surface area contributed by atoms with Crippen molar-refractivity contribution in [3.63, 3.8) is 0 Å². The summed E-state index contributed by atoms with van der Waals surface area (Å²) in [5.41, 5.74) is 5.18. The lowest BCUT2D eigenvalue weighted by molar-refractivity contribution is -0.124. The smallest absolute Gasteiger partial charge is 0.238 e. The summed E-state index contributed by atoms with van der Waals surface area (Å²) < 4.78 is 0. The highest BCUT2D eigenvalue weighted by Crippen LogP contribution is 2.43. The Kier molecular flexibility index (Phi) is 4.56. The molecule has 4 nitrogen and oxygen atoms in total. The van der Waals surface area contributed by atoms with Crippen molar-refractivity contribution in [3.05, 3.63) is 0 Å². The molecular weight excluding hydrogens is 248 g/mol. The molecule has 2 unspecified atom stereocenters. The number of amides is 1. The van der Waals surface area contributed by atoms with Crippen molar-refractivity contribution in [1.82, 2.24) is 5.32 Å². The molecule has 2 aliphatic carbocycles. The average Bonchev–Trinajstić information content (AvgIpc) is 3.14. The fourth-order valence-electron chi connectivity index (χ4n) is 2.33. The first-order valence-corrected chi connectivity index (χ1v) is 7.93. The molecule has 0 aromatic rings. The van der Waals surface area contributed by atoms with Gasteiger partial charge >= 0.3 is 0 Å². The molecule has 4 N–H and O–H groups in total. The van der Waals surface area contributed by atoms with Gasteiger partial charge in [0, 0.05) is 23.7 Å². The Morgan fingerprint density at radius 2 is 2.17 bits per heavy atom. The maximum Gasteiger partial charge on any atom is 0.238 e. The highest BCUT2D eigenvalue weighted by Gasteiger charge is 2.51. The number of nitrogens with two attached hydrogens (primary N) is 1. The zero-order chi connectivity index (χ0) is 13.2. The fraction of sp³-hybridized carbons (Fsp3) is 0.923. The number of hydrogen-bond donors (Lipinski definition) is 3. The number of aliphatic hydroxyl groups is 1. The Morgan fingerprint density at radius 1 is 1.50 bits per heavy atom. The van der Waals surface area contributed by atoms with Crippen molar-refractivity contribution in [3.8, 4) is 0 Å². The van der Waals surface area contributed by atoms with Gasteiger partial charge in [0.15, 0.2) is 0 Å². The maximum atomic E-state index is 11.9. The minimum atomic E-state index is -0.504. The van der Waals surface area contributed by atoms with Gasteiger partial charge in [-0.15, -0.1) is 0 Å². The summed E-state index contributed by atoms with van der Waals surface area (Å²) in [6, 6.07) is 0.492. The molecule has 1 amide bonds. The standard InChI is InChI=1S/C13H24N2O2S/c1-9(6-7-16)18-8-13(12(14)17,10-2-3-10)15-11-4-5-11/h9-11,15-16H,2-8H2,1H3,(H2,14,17). The Balaban J connectivity index is 1.96. The lowest BCUT2D eigenvalue weighted by Crippen LogP contribution is -2.60. The predicted octanol–water partition coefficient (Wildman–Crippen LogP) is 0.877. The van der Waals surface area contributed by atoms with Crippen LogP contribution in [0, 0.1) is 5.92 Å². The Hall–Kier alpha value is -0.260. The summed E-state index contributed by atoms with van der Waals surface area (Å²) in [5.74, 6) is 0.968. The number of carbonyl (C=O) groups excluding carboxylic acids is 1. The van der Waals surface area contributed by atoms with E-state index in [1.54, 1.807) is 11.8 Å². The number of rotatable bonds is 9. The number of primary amides is 1. The van der Waals surface area contributed by atoms with Gasteiger partial charge in [0.1, 0.15) is 5.54 Å². The third kappa shape index (κ3) is 3.39. The van der Waals surface area contributed by atoms with E-state index in [0.717, 1.165) is 25.0 Å². The van der Waals surface area contributed by atoms with E-state index in [2.05, 4.69) is 12.2 Å².